The maximum atomic E-state index is 6.13. The molecular weight excluding hydrogens is 252 g/mol. The summed E-state index contributed by atoms with van der Waals surface area (Å²) in [6.45, 7) is 3.85. The first-order valence-electron chi connectivity index (χ1n) is 5.47. The van der Waals surface area contributed by atoms with Crippen LogP contribution >= 0.6 is 11.6 Å². The van der Waals surface area contributed by atoms with Gasteiger partial charge in [-0.15, -0.1) is 10.2 Å². The van der Waals surface area contributed by atoms with Crippen LogP contribution in [0.25, 0.3) is 16.7 Å². The van der Waals surface area contributed by atoms with E-state index in [-0.39, 0.29) is 0 Å². The van der Waals surface area contributed by atoms with Crippen molar-refractivity contribution >= 4 is 28.3 Å². The molecule has 0 saturated carbocycles. The van der Waals surface area contributed by atoms with Gasteiger partial charge in [-0.25, -0.2) is 4.98 Å². The molecule has 0 aliphatic rings. The first-order valence-corrected chi connectivity index (χ1v) is 5.85. The molecule has 0 spiro atoms. The topological polar surface area (TPSA) is 52.3 Å². The second-order valence-electron chi connectivity index (χ2n) is 4.12. The number of aromatic nitrogens is 4. The number of ether oxygens (including phenoxy) is 1. The first-order chi connectivity index (χ1) is 8.61. The standard InChI is InChI=1S/C12H11ClN4O/c1-6-4-8(18-3)5-9-10(6)14-11(13)12-16-15-7(2)17(9)12/h4-5H,1-3H3. The van der Waals surface area contributed by atoms with Gasteiger partial charge in [-0.1, -0.05) is 11.6 Å². The van der Waals surface area contributed by atoms with Crippen LogP contribution in [0.4, 0.5) is 0 Å². The molecule has 2 aromatic heterocycles. The number of benzene rings is 1. The quantitative estimate of drug-likeness (QED) is 0.676. The van der Waals surface area contributed by atoms with E-state index in [1.165, 1.54) is 0 Å². The third-order valence-electron chi connectivity index (χ3n) is 2.95. The second kappa shape index (κ2) is 3.81. The number of nitrogens with zero attached hydrogens (tertiary/aromatic N) is 4. The van der Waals surface area contributed by atoms with Crippen molar-refractivity contribution < 1.29 is 4.74 Å². The third kappa shape index (κ3) is 1.44. The molecule has 0 radical (unpaired) electrons. The van der Waals surface area contributed by atoms with E-state index in [1.54, 1.807) is 7.11 Å². The maximum absolute atomic E-state index is 6.13. The number of aryl methyl sites for hydroxylation is 2. The minimum absolute atomic E-state index is 0.358. The Bertz CT molecular complexity index is 766. The molecule has 3 aromatic rings. The molecule has 0 fully saturated rings. The fourth-order valence-corrected chi connectivity index (χ4v) is 2.30. The van der Waals surface area contributed by atoms with Gasteiger partial charge in [-0.3, -0.25) is 4.40 Å². The monoisotopic (exact) mass is 262 g/mol. The fraction of sp³-hybridized carbons (Fsp3) is 0.250. The van der Waals surface area contributed by atoms with Crippen molar-refractivity contribution in [3.63, 3.8) is 0 Å². The summed E-state index contributed by atoms with van der Waals surface area (Å²) in [5.41, 5.74) is 3.29. The Kier molecular flexibility index (Phi) is 2.38. The maximum Gasteiger partial charge on any atom is 0.199 e. The van der Waals surface area contributed by atoms with Gasteiger partial charge in [0.15, 0.2) is 10.8 Å². The van der Waals surface area contributed by atoms with Crippen LogP contribution in [0.5, 0.6) is 5.75 Å². The molecular formula is C12H11ClN4O. The molecule has 2 heterocycles. The molecule has 92 valence electrons. The predicted molar refractivity (Wildman–Crippen MR) is 69.3 cm³/mol. The summed E-state index contributed by atoms with van der Waals surface area (Å²) in [5.74, 6) is 1.55. The van der Waals surface area contributed by atoms with Crippen molar-refractivity contribution in [2.45, 2.75) is 13.8 Å². The van der Waals surface area contributed by atoms with Crippen LogP contribution in [0.1, 0.15) is 11.4 Å². The molecule has 0 aliphatic heterocycles. The summed E-state index contributed by atoms with van der Waals surface area (Å²) >= 11 is 6.13. The van der Waals surface area contributed by atoms with Gasteiger partial charge in [-0.05, 0) is 25.5 Å². The summed E-state index contributed by atoms with van der Waals surface area (Å²) in [6.07, 6.45) is 0. The number of methoxy groups -OCH3 is 1. The number of halogens is 1. The summed E-state index contributed by atoms with van der Waals surface area (Å²) in [5, 5.41) is 8.43. The molecule has 0 amide bonds. The average Bonchev–Trinajstić information content (AvgIpc) is 2.74. The molecule has 0 aliphatic carbocycles. The van der Waals surface area contributed by atoms with Crippen LogP contribution in [0.3, 0.4) is 0 Å². The SMILES string of the molecule is COc1cc(C)c2nc(Cl)c3nnc(C)n3c2c1. The Labute approximate surface area is 108 Å². The molecule has 0 bridgehead atoms. The molecule has 0 N–H and O–H groups in total. The van der Waals surface area contributed by atoms with Gasteiger partial charge >= 0.3 is 0 Å². The Morgan fingerprint density at radius 3 is 2.72 bits per heavy atom. The van der Waals surface area contributed by atoms with Gasteiger partial charge in [0, 0.05) is 6.07 Å². The normalized spacial score (nSPS) is 11.3. The predicted octanol–water partition coefficient (Wildman–Crippen LogP) is 2.56. The first kappa shape index (κ1) is 11.2. The molecule has 3 rings (SSSR count). The van der Waals surface area contributed by atoms with Gasteiger partial charge in [0.2, 0.25) is 0 Å². The molecule has 0 saturated heterocycles. The summed E-state index contributed by atoms with van der Waals surface area (Å²) in [4.78, 5) is 4.38. The lowest BCUT2D eigenvalue weighted by atomic mass is 10.2. The van der Waals surface area contributed by atoms with E-state index in [9.17, 15) is 0 Å². The zero-order valence-corrected chi connectivity index (χ0v) is 11.0. The highest BCUT2D eigenvalue weighted by Gasteiger charge is 2.13. The van der Waals surface area contributed by atoms with Crippen molar-refractivity contribution in [1.29, 1.82) is 0 Å². The largest absolute Gasteiger partial charge is 0.497 e. The van der Waals surface area contributed by atoms with Gasteiger partial charge < -0.3 is 4.74 Å². The van der Waals surface area contributed by atoms with Crippen molar-refractivity contribution in [3.8, 4) is 5.75 Å². The molecule has 0 unspecified atom stereocenters. The minimum Gasteiger partial charge on any atom is -0.497 e. The Morgan fingerprint density at radius 2 is 2.00 bits per heavy atom. The van der Waals surface area contributed by atoms with Crippen LogP contribution in [-0.4, -0.2) is 26.7 Å². The van der Waals surface area contributed by atoms with E-state index in [1.807, 2.05) is 30.4 Å². The van der Waals surface area contributed by atoms with E-state index >= 15 is 0 Å². The Hall–Kier alpha value is -1.88. The van der Waals surface area contributed by atoms with Gasteiger partial charge in [0.25, 0.3) is 0 Å². The molecule has 1 aromatic carbocycles. The van der Waals surface area contributed by atoms with Crippen molar-refractivity contribution in [2.24, 2.45) is 0 Å². The van der Waals surface area contributed by atoms with Gasteiger partial charge in [0.1, 0.15) is 11.6 Å². The summed E-state index contributed by atoms with van der Waals surface area (Å²) in [7, 11) is 1.64. The highest BCUT2D eigenvalue weighted by molar-refractivity contribution is 6.32. The lowest BCUT2D eigenvalue weighted by molar-refractivity contribution is 0.415. The molecule has 6 heteroatoms. The number of hydrogen-bond donors (Lipinski definition) is 0. The van der Waals surface area contributed by atoms with Gasteiger partial charge in [0.05, 0.1) is 18.1 Å². The Balaban J connectivity index is 2.59. The highest BCUT2D eigenvalue weighted by atomic mass is 35.5. The van der Waals surface area contributed by atoms with Crippen LogP contribution in [0.15, 0.2) is 12.1 Å². The van der Waals surface area contributed by atoms with Gasteiger partial charge in [-0.2, -0.15) is 0 Å². The zero-order chi connectivity index (χ0) is 12.9. The smallest absolute Gasteiger partial charge is 0.199 e. The zero-order valence-electron chi connectivity index (χ0n) is 10.2. The summed E-state index contributed by atoms with van der Waals surface area (Å²) < 4.78 is 7.17. The number of rotatable bonds is 1. The second-order valence-corrected chi connectivity index (χ2v) is 4.48. The lowest BCUT2D eigenvalue weighted by Crippen LogP contribution is -1.97. The fourth-order valence-electron chi connectivity index (χ4n) is 2.09. The molecule has 0 atom stereocenters. The average molecular weight is 263 g/mol. The number of hydrogen-bond acceptors (Lipinski definition) is 4. The third-order valence-corrected chi connectivity index (χ3v) is 3.20. The van der Waals surface area contributed by atoms with E-state index in [0.29, 0.717) is 10.8 Å². The van der Waals surface area contributed by atoms with Crippen molar-refractivity contribution in [2.75, 3.05) is 7.11 Å². The van der Waals surface area contributed by atoms with E-state index in [4.69, 9.17) is 16.3 Å². The minimum atomic E-state index is 0.358. The van der Waals surface area contributed by atoms with Crippen molar-refractivity contribution in [1.82, 2.24) is 19.6 Å². The number of fused-ring (bicyclic) bond motifs is 3. The van der Waals surface area contributed by atoms with Crippen LogP contribution in [0, 0.1) is 13.8 Å². The lowest BCUT2D eigenvalue weighted by Gasteiger charge is -2.08. The van der Waals surface area contributed by atoms with E-state index < -0.39 is 0 Å². The van der Waals surface area contributed by atoms with E-state index in [0.717, 1.165) is 28.2 Å². The Morgan fingerprint density at radius 1 is 1.22 bits per heavy atom. The highest BCUT2D eigenvalue weighted by Crippen LogP contribution is 2.27. The molecule has 18 heavy (non-hydrogen) atoms. The summed E-state index contributed by atoms with van der Waals surface area (Å²) in [6, 6.07) is 3.84. The van der Waals surface area contributed by atoms with Crippen LogP contribution in [-0.2, 0) is 0 Å². The van der Waals surface area contributed by atoms with E-state index in [2.05, 4.69) is 15.2 Å². The van der Waals surface area contributed by atoms with Crippen LogP contribution < -0.4 is 4.74 Å². The molecule has 5 nitrogen and oxygen atoms in total. The van der Waals surface area contributed by atoms with Crippen molar-refractivity contribution in [3.05, 3.63) is 28.7 Å². The van der Waals surface area contributed by atoms with Crippen LogP contribution in [0.2, 0.25) is 5.15 Å².